The van der Waals surface area contributed by atoms with Crippen LogP contribution in [0.1, 0.15) is 12.0 Å². The lowest BCUT2D eigenvalue weighted by molar-refractivity contribution is -0.129. The summed E-state index contributed by atoms with van der Waals surface area (Å²) in [6.45, 7) is 0.252. The quantitative estimate of drug-likeness (QED) is 0.530. The second-order valence-electron chi connectivity index (χ2n) is 7.51. The predicted molar refractivity (Wildman–Crippen MR) is 128 cm³/mol. The van der Waals surface area contributed by atoms with Gasteiger partial charge in [-0.2, -0.15) is 0 Å². The molecule has 1 saturated heterocycles. The Balaban J connectivity index is 1.58. The first-order valence-corrected chi connectivity index (χ1v) is 11.3. The number of hydrogen-bond acceptors (Lipinski definition) is 5. The number of halogens is 2. The summed E-state index contributed by atoms with van der Waals surface area (Å²) >= 11 is 1.15. The molecule has 1 aliphatic rings. The van der Waals surface area contributed by atoms with Crippen LogP contribution in [0.3, 0.4) is 0 Å². The summed E-state index contributed by atoms with van der Waals surface area (Å²) < 4.78 is 31.7. The van der Waals surface area contributed by atoms with Crippen LogP contribution < -0.4 is 10.1 Å². The fourth-order valence-corrected chi connectivity index (χ4v) is 4.39. The third-order valence-corrected chi connectivity index (χ3v) is 6.28. The minimum atomic E-state index is -0.733. The largest absolute Gasteiger partial charge is 0.497 e. The highest BCUT2D eigenvalue weighted by molar-refractivity contribution is 8.15. The van der Waals surface area contributed by atoms with E-state index in [0.29, 0.717) is 22.3 Å². The number of benzene rings is 3. The summed E-state index contributed by atoms with van der Waals surface area (Å²) in [5, 5.41) is 2.31. The van der Waals surface area contributed by atoms with Crippen LogP contribution in [0.2, 0.25) is 0 Å². The van der Waals surface area contributed by atoms with Crippen LogP contribution in [0, 0.1) is 11.6 Å². The third kappa shape index (κ3) is 5.79. The zero-order valence-electron chi connectivity index (χ0n) is 18.2. The molecule has 1 atom stereocenters. The highest BCUT2D eigenvalue weighted by Gasteiger charge is 2.36. The molecule has 3 aromatic carbocycles. The number of amides is 2. The van der Waals surface area contributed by atoms with E-state index in [-0.39, 0.29) is 24.8 Å². The lowest BCUT2D eigenvalue weighted by atomic mass is 10.2. The molecule has 2 amide bonds. The molecule has 6 nitrogen and oxygen atoms in total. The summed E-state index contributed by atoms with van der Waals surface area (Å²) in [4.78, 5) is 32.0. The Morgan fingerprint density at radius 3 is 2.26 bits per heavy atom. The minimum absolute atomic E-state index is 0.0315. The molecule has 174 valence electrons. The predicted octanol–water partition coefficient (Wildman–Crippen LogP) is 5.13. The number of amidine groups is 1. The van der Waals surface area contributed by atoms with E-state index in [1.165, 1.54) is 53.4 Å². The smallest absolute Gasteiger partial charge is 0.238 e. The van der Waals surface area contributed by atoms with Crippen LogP contribution in [0.15, 0.2) is 77.8 Å². The highest BCUT2D eigenvalue weighted by atomic mass is 32.2. The molecule has 1 aliphatic heterocycles. The molecular weight excluding hydrogens is 460 g/mol. The first-order valence-electron chi connectivity index (χ1n) is 10.4. The van der Waals surface area contributed by atoms with E-state index in [2.05, 4.69) is 10.3 Å². The zero-order valence-corrected chi connectivity index (χ0v) is 19.0. The van der Waals surface area contributed by atoms with Gasteiger partial charge in [0.1, 0.15) is 22.6 Å². The van der Waals surface area contributed by atoms with E-state index >= 15 is 0 Å². The number of thioether (sulfide) groups is 1. The lowest BCUT2D eigenvalue weighted by Crippen LogP contribution is -2.44. The zero-order chi connectivity index (χ0) is 24.1. The number of aliphatic imine (C=N–C) groups is 1. The van der Waals surface area contributed by atoms with Gasteiger partial charge >= 0.3 is 0 Å². The molecule has 0 bridgehead atoms. The molecule has 1 N–H and O–H groups in total. The average molecular weight is 482 g/mol. The molecule has 9 heteroatoms. The minimum Gasteiger partial charge on any atom is -0.497 e. The molecule has 0 spiro atoms. The van der Waals surface area contributed by atoms with E-state index in [1.54, 1.807) is 19.2 Å². The topological polar surface area (TPSA) is 71.0 Å². The van der Waals surface area contributed by atoms with Gasteiger partial charge < -0.3 is 10.1 Å². The van der Waals surface area contributed by atoms with Gasteiger partial charge in [-0.3, -0.25) is 14.5 Å². The molecule has 1 heterocycles. The molecule has 0 saturated carbocycles. The van der Waals surface area contributed by atoms with Crippen molar-refractivity contribution in [2.45, 2.75) is 18.2 Å². The van der Waals surface area contributed by atoms with Gasteiger partial charge in [0.05, 0.1) is 19.3 Å². The molecule has 0 radical (unpaired) electrons. The molecule has 1 fully saturated rings. The highest BCUT2D eigenvalue weighted by Crippen LogP contribution is 2.31. The van der Waals surface area contributed by atoms with Crippen molar-refractivity contribution < 1.29 is 23.1 Å². The maximum Gasteiger partial charge on any atom is 0.238 e. The fourth-order valence-electron chi connectivity index (χ4n) is 3.29. The van der Waals surface area contributed by atoms with Gasteiger partial charge in [-0.1, -0.05) is 23.9 Å². The number of nitrogens with zero attached hydrogens (tertiary/aromatic N) is 2. The monoisotopic (exact) mass is 481 g/mol. The van der Waals surface area contributed by atoms with Crippen LogP contribution in [-0.4, -0.2) is 34.2 Å². The van der Waals surface area contributed by atoms with Crippen molar-refractivity contribution in [1.29, 1.82) is 0 Å². The second-order valence-corrected chi connectivity index (χ2v) is 8.68. The Kier molecular flexibility index (Phi) is 7.22. The van der Waals surface area contributed by atoms with Crippen LogP contribution in [-0.2, 0) is 16.1 Å². The number of anilines is 1. The van der Waals surface area contributed by atoms with E-state index < -0.39 is 16.9 Å². The summed E-state index contributed by atoms with van der Waals surface area (Å²) in [7, 11) is 1.57. The van der Waals surface area contributed by atoms with E-state index in [9.17, 15) is 18.4 Å². The molecule has 0 aromatic heterocycles. The van der Waals surface area contributed by atoms with E-state index in [1.807, 2.05) is 12.1 Å². The van der Waals surface area contributed by atoms with E-state index in [0.717, 1.165) is 17.3 Å². The van der Waals surface area contributed by atoms with Crippen molar-refractivity contribution >= 4 is 40.1 Å². The summed E-state index contributed by atoms with van der Waals surface area (Å²) in [6.07, 6.45) is -0.0315. The van der Waals surface area contributed by atoms with Crippen LogP contribution in [0.5, 0.6) is 5.75 Å². The Hall–Kier alpha value is -3.72. The van der Waals surface area contributed by atoms with Crippen LogP contribution >= 0.6 is 11.8 Å². The summed E-state index contributed by atoms with van der Waals surface area (Å²) in [5.41, 5.74) is 1.74. The van der Waals surface area contributed by atoms with E-state index in [4.69, 9.17) is 4.74 Å². The van der Waals surface area contributed by atoms with Gasteiger partial charge in [-0.05, 0) is 66.2 Å². The van der Waals surface area contributed by atoms with Gasteiger partial charge in [0.15, 0.2) is 5.17 Å². The fraction of sp³-hybridized carbons (Fsp3) is 0.160. The first kappa shape index (κ1) is 23.4. The van der Waals surface area contributed by atoms with Gasteiger partial charge in [-0.15, -0.1) is 0 Å². The standard InChI is InChI=1S/C25H21F2N3O3S/c1-33-21-12-2-16(3-13-21)15-30-23(31)14-22(24(32)28-19-8-4-17(26)5-9-19)34-25(30)29-20-10-6-18(27)7-11-20/h2-13,22H,14-15H2,1H3,(H,28,32). The van der Waals surface area contributed by atoms with Gasteiger partial charge in [-0.25, -0.2) is 13.8 Å². The number of carbonyl (C=O) groups excluding carboxylic acids is 2. The Labute approximate surface area is 199 Å². The number of carbonyl (C=O) groups is 2. The third-order valence-electron chi connectivity index (χ3n) is 5.09. The Bertz CT molecular complexity index is 1200. The SMILES string of the molecule is COc1ccc(CN2C(=O)CC(C(=O)Nc3ccc(F)cc3)SC2=Nc2ccc(F)cc2)cc1. The molecule has 0 aliphatic carbocycles. The van der Waals surface area contributed by atoms with Crippen LogP contribution in [0.25, 0.3) is 0 Å². The second kappa shape index (κ2) is 10.5. The Morgan fingerprint density at radius 1 is 1.03 bits per heavy atom. The molecule has 3 aromatic rings. The number of ether oxygens (including phenoxy) is 1. The van der Waals surface area contributed by atoms with Gasteiger partial charge in [0.25, 0.3) is 0 Å². The lowest BCUT2D eigenvalue weighted by Gasteiger charge is -2.32. The molecular formula is C25H21F2N3O3S. The summed E-state index contributed by atoms with van der Waals surface area (Å²) in [5.74, 6) is -0.776. The molecule has 1 unspecified atom stereocenters. The molecule has 4 rings (SSSR count). The Morgan fingerprint density at radius 2 is 1.65 bits per heavy atom. The normalized spacial score (nSPS) is 17.0. The van der Waals surface area contributed by atoms with Gasteiger partial charge in [0, 0.05) is 12.1 Å². The first-order chi connectivity index (χ1) is 16.4. The van der Waals surface area contributed by atoms with Crippen molar-refractivity contribution in [1.82, 2.24) is 4.90 Å². The maximum atomic E-state index is 13.3. The summed E-state index contributed by atoms with van der Waals surface area (Å²) in [6, 6.07) is 18.2. The number of methoxy groups -OCH3 is 1. The van der Waals surface area contributed by atoms with Crippen LogP contribution in [0.4, 0.5) is 20.2 Å². The maximum absolute atomic E-state index is 13.3. The van der Waals surface area contributed by atoms with Crippen molar-refractivity contribution in [3.05, 3.63) is 90.0 Å². The van der Waals surface area contributed by atoms with Crippen molar-refractivity contribution in [2.75, 3.05) is 12.4 Å². The number of rotatable bonds is 6. The van der Waals surface area contributed by atoms with Crippen molar-refractivity contribution in [3.8, 4) is 5.75 Å². The van der Waals surface area contributed by atoms with Crippen molar-refractivity contribution in [2.24, 2.45) is 4.99 Å². The molecule has 34 heavy (non-hydrogen) atoms. The van der Waals surface area contributed by atoms with Gasteiger partial charge in [0.2, 0.25) is 11.8 Å². The van der Waals surface area contributed by atoms with Crippen molar-refractivity contribution in [3.63, 3.8) is 0 Å². The number of hydrogen-bond donors (Lipinski definition) is 1. The average Bonchev–Trinajstić information content (AvgIpc) is 2.84. The number of nitrogens with one attached hydrogen (secondary N) is 1.